The summed E-state index contributed by atoms with van der Waals surface area (Å²) in [7, 11) is 0. The standard InChI is InChI=1S/C13H7F3N4O/c14-7-4-8(15)11(9(16)5-7)10-6-17-12(13(21)19-10)20-3-1-2-18-20/h1-6H,(H,19,21). The molecule has 0 aliphatic carbocycles. The fourth-order valence-corrected chi connectivity index (χ4v) is 1.88. The first-order valence-corrected chi connectivity index (χ1v) is 5.80. The Morgan fingerprint density at radius 3 is 2.43 bits per heavy atom. The molecule has 106 valence electrons. The van der Waals surface area contributed by atoms with Crippen molar-refractivity contribution in [1.82, 2.24) is 19.7 Å². The number of hydrogen-bond donors (Lipinski definition) is 1. The molecule has 3 rings (SSSR count). The third-order valence-corrected chi connectivity index (χ3v) is 2.76. The average Bonchev–Trinajstić information content (AvgIpc) is 2.91. The zero-order valence-corrected chi connectivity index (χ0v) is 10.3. The van der Waals surface area contributed by atoms with Gasteiger partial charge in [-0.15, -0.1) is 0 Å². The van der Waals surface area contributed by atoms with E-state index in [0.29, 0.717) is 12.1 Å². The minimum absolute atomic E-state index is 0.0494. The van der Waals surface area contributed by atoms with E-state index in [1.807, 2.05) is 0 Å². The lowest BCUT2D eigenvalue weighted by atomic mass is 10.1. The molecule has 0 spiro atoms. The lowest BCUT2D eigenvalue weighted by molar-refractivity contribution is 0.547. The fourth-order valence-electron chi connectivity index (χ4n) is 1.88. The largest absolute Gasteiger partial charge is 0.317 e. The third kappa shape index (κ3) is 2.31. The Bertz CT molecular complexity index is 835. The summed E-state index contributed by atoms with van der Waals surface area (Å²) in [5.74, 6) is -3.35. The van der Waals surface area contributed by atoms with Gasteiger partial charge in [0.25, 0.3) is 5.56 Å². The van der Waals surface area contributed by atoms with Crippen LogP contribution in [0, 0.1) is 17.5 Å². The molecule has 2 heterocycles. The minimum Gasteiger partial charge on any atom is -0.317 e. The summed E-state index contributed by atoms with van der Waals surface area (Å²) in [6, 6.07) is 2.64. The molecule has 0 unspecified atom stereocenters. The van der Waals surface area contributed by atoms with Crippen LogP contribution < -0.4 is 5.56 Å². The van der Waals surface area contributed by atoms with Gasteiger partial charge in [-0.2, -0.15) is 5.10 Å². The van der Waals surface area contributed by atoms with Crippen LogP contribution in [0.2, 0.25) is 0 Å². The number of benzene rings is 1. The van der Waals surface area contributed by atoms with Gasteiger partial charge in [0.2, 0.25) is 5.82 Å². The summed E-state index contributed by atoms with van der Waals surface area (Å²) in [5, 5.41) is 3.83. The number of rotatable bonds is 2. The first-order valence-electron chi connectivity index (χ1n) is 5.80. The Balaban J connectivity index is 2.14. The molecule has 0 aliphatic rings. The van der Waals surface area contributed by atoms with Crippen molar-refractivity contribution in [1.29, 1.82) is 0 Å². The van der Waals surface area contributed by atoms with Crippen molar-refractivity contribution in [2.24, 2.45) is 0 Å². The first-order chi connectivity index (χ1) is 10.1. The predicted octanol–water partition coefficient (Wildman–Crippen LogP) is 2.04. The van der Waals surface area contributed by atoms with Gasteiger partial charge in [-0.3, -0.25) is 4.79 Å². The number of aromatic amines is 1. The van der Waals surface area contributed by atoms with Gasteiger partial charge >= 0.3 is 0 Å². The molecule has 0 saturated heterocycles. The topological polar surface area (TPSA) is 63.6 Å². The molecule has 0 radical (unpaired) electrons. The molecule has 1 aromatic carbocycles. The molecule has 0 amide bonds. The van der Waals surface area contributed by atoms with Gasteiger partial charge in [0.05, 0.1) is 17.5 Å². The van der Waals surface area contributed by atoms with E-state index in [4.69, 9.17) is 0 Å². The highest BCUT2D eigenvalue weighted by Crippen LogP contribution is 2.24. The van der Waals surface area contributed by atoms with Crippen molar-refractivity contribution < 1.29 is 13.2 Å². The Morgan fingerprint density at radius 2 is 1.86 bits per heavy atom. The van der Waals surface area contributed by atoms with Crippen molar-refractivity contribution in [2.45, 2.75) is 0 Å². The van der Waals surface area contributed by atoms with Gasteiger partial charge in [0, 0.05) is 24.5 Å². The molecule has 0 atom stereocenters. The summed E-state index contributed by atoms with van der Waals surface area (Å²) < 4.78 is 41.4. The second-order valence-electron chi connectivity index (χ2n) is 4.14. The molecule has 1 N–H and O–H groups in total. The Hall–Kier alpha value is -2.90. The molecular weight excluding hydrogens is 285 g/mol. The lowest BCUT2D eigenvalue weighted by Crippen LogP contribution is -2.18. The molecule has 0 saturated carbocycles. The second-order valence-corrected chi connectivity index (χ2v) is 4.14. The van der Waals surface area contributed by atoms with Crippen LogP contribution in [0.25, 0.3) is 17.1 Å². The number of H-pyrrole nitrogens is 1. The van der Waals surface area contributed by atoms with Crippen LogP contribution >= 0.6 is 0 Å². The quantitative estimate of drug-likeness (QED) is 0.786. The molecule has 3 aromatic rings. The van der Waals surface area contributed by atoms with Gasteiger partial charge in [0.1, 0.15) is 17.5 Å². The van der Waals surface area contributed by atoms with E-state index in [-0.39, 0.29) is 11.5 Å². The van der Waals surface area contributed by atoms with E-state index in [2.05, 4.69) is 15.1 Å². The fraction of sp³-hybridized carbons (Fsp3) is 0. The highest BCUT2D eigenvalue weighted by Gasteiger charge is 2.16. The van der Waals surface area contributed by atoms with Crippen LogP contribution in [0.1, 0.15) is 0 Å². The van der Waals surface area contributed by atoms with E-state index in [1.54, 1.807) is 6.07 Å². The SMILES string of the molecule is O=c1[nH]c(-c2c(F)cc(F)cc2F)cnc1-n1cccn1. The van der Waals surface area contributed by atoms with Gasteiger partial charge in [-0.1, -0.05) is 0 Å². The van der Waals surface area contributed by atoms with E-state index in [0.717, 1.165) is 6.20 Å². The van der Waals surface area contributed by atoms with Crippen LogP contribution in [0.4, 0.5) is 13.2 Å². The maximum atomic E-state index is 13.7. The smallest absolute Gasteiger partial charge is 0.293 e. The Morgan fingerprint density at radius 1 is 1.14 bits per heavy atom. The minimum atomic E-state index is -1.13. The summed E-state index contributed by atoms with van der Waals surface area (Å²) in [4.78, 5) is 18.0. The zero-order valence-electron chi connectivity index (χ0n) is 10.3. The van der Waals surface area contributed by atoms with Crippen molar-refractivity contribution in [3.8, 4) is 17.1 Å². The van der Waals surface area contributed by atoms with Crippen LogP contribution in [-0.2, 0) is 0 Å². The maximum absolute atomic E-state index is 13.7. The summed E-state index contributed by atoms with van der Waals surface area (Å²) in [6.45, 7) is 0. The van der Waals surface area contributed by atoms with Crippen molar-refractivity contribution in [3.05, 3.63) is 64.6 Å². The first kappa shape index (κ1) is 13.1. The lowest BCUT2D eigenvalue weighted by Gasteiger charge is -2.06. The van der Waals surface area contributed by atoms with Crippen molar-refractivity contribution in [3.63, 3.8) is 0 Å². The average molecular weight is 292 g/mol. The van der Waals surface area contributed by atoms with E-state index in [9.17, 15) is 18.0 Å². The number of nitrogens with zero attached hydrogens (tertiary/aromatic N) is 3. The van der Waals surface area contributed by atoms with Gasteiger partial charge in [0.15, 0.2) is 0 Å². The van der Waals surface area contributed by atoms with E-state index < -0.39 is 28.6 Å². The number of halogens is 3. The van der Waals surface area contributed by atoms with Crippen LogP contribution in [0.3, 0.4) is 0 Å². The van der Waals surface area contributed by atoms with E-state index >= 15 is 0 Å². The second kappa shape index (κ2) is 4.89. The summed E-state index contributed by atoms with van der Waals surface area (Å²) in [6.07, 6.45) is 4.03. The molecule has 5 nitrogen and oxygen atoms in total. The normalized spacial score (nSPS) is 10.8. The van der Waals surface area contributed by atoms with Gasteiger partial charge in [-0.05, 0) is 6.07 Å². The van der Waals surface area contributed by atoms with Crippen LogP contribution in [-0.4, -0.2) is 19.7 Å². The van der Waals surface area contributed by atoms with Gasteiger partial charge < -0.3 is 4.98 Å². The Labute approximate surface area is 115 Å². The summed E-state index contributed by atoms with van der Waals surface area (Å²) >= 11 is 0. The van der Waals surface area contributed by atoms with Crippen molar-refractivity contribution >= 4 is 0 Å². The predicted molar refractivity (Wildman–Crippen MR) is 67.3 cm³/mol. The summed E-state index contributed by atoms with van der Waals surface area (Å²) in [5.41, 5.74) is -1.42. The maximum Gasteiger partial charge on any atom is 0.293 e. The number of hydrogen-bond acceptors (Lipinski definition) is 3. The number of aromatic nitrogens is 4. The Kier molecular flexibility index (Phi) is 3.05. The molecule has 2 aromatic heterocycles. The molecule has 0 bridgehead atoms. The molecule has 8 heteroatoms. The number of nitrogens with one attached hydrogen (secondary N) is 1. The highest BCUT2D eigenvalue weighted by atomic mass is 19.1. The molecule has 0 fully saturated rings. The van der Waals surface area contributed by atoms with Crippen molar-refractivity contribution in [2.75, 3.05) is 0 Å². The zero-order chi connectivity index (χ0) is 15.0. The molecular formula is C13H7F3N4O. The van der Waals surface area contributed by atoms with Crippen LogP contribution in [0.15, 0.2) is 41.6 Å². The highest BCUT2D eigenvalue weighted by molar-refractivity contribution is 5.60. The van der Waals surface area contributed by atoms with Gasteiger partial charge in [-0.25, -0.2) is 22.8 Å². The van der Waals surface area contributed by atoms with Crippen LogP contribution in [0.5, 0.6) is 0 Å². The van der Waals surface area contributed by atoms with E-state index in [1.165, 1.54) is 17.1 Å². The molecule has 0 aliphatic heterocycles. The molecule has 21 heavy (non-hydrogen) atoms. The third-order valence-electron chi connectivity index (χ3n) is 2.76. The monoisotopic (exact) mass is 292 g/mol.